The molecule has 4 rings (SSSR count). The number of para-hydroxylation sites is 1. The van der Waals surface area contributed by atoms with Gasteiger partial charge in [-0.05, 0) is 54.2 Å². The molecule has 0 N–H and O–H groups in total. The van der Waals surface area contributed by atoms with Gasteiger partial charge in [-0.25, -0.2) is 4.68 Å². The summed E-state index contributed by atoms with van der Waals surface area (Å²) in [5, 5.41) is 12.9. The Bertz CT molecular complexity index is 701. The van der Waals surface area contributed by atoms with Crippen LogP contribution in [0.3, 0.4) is 0 Å². The SMILES string of the molecule is CC(C)[C@H](c1nnnn1C1CCCC1)N1c2ccccc2C[C@@H]1C. The summed E-state index contributed by atoms with van der Waals surface area (Å²) in [4.78, 5) is 2.55. The number of rotatable bonds is 4. The first-order chi connectivity index (χ1) is 11.7. The number of hydrogen-bond donors (Lipinski definition) is 0. The minimum atomic E-state index is 0.222. The lowest BCUT2D eigenvalue weighted by atomic mass is 10.00. The Morgan fingerprint density at radius 1 is 1.12 bits per heavy atom. The summed E-state index contributed by atoms with van der Waals surface area (Å²) >= 11 is 0. The zero-order chi connectivity index (χ0) is 16.7. The number of fused-ring (bicyclic) bond motifs is 1. The normalized spacial score (nSPS) is 22.3. The van der Waals surface area contributed by atoms with Gasteiger partial charge in [0.05, 0.1) is 12.1 Å². The second-order valence-electron chi connectivity index (χ2n) is 7.70. The highest BCUT2D eigenvalue weighted by molar-refractivity contribution is 5.60. The summed E-state index contributed by atoms with van der Waals surface area (Å²) in [5.74, 6) is 1.49. The molecule has 5 heteroatoms. The van der Waals surface area contributed by atoms with E-state index >= 15 is 0 Å². The van der Waals surface area contributed by atoms with Crippen LogP contribution in [0.25, 0.3) is 0 Å². The second kappa shape index (κ2) is 6.19. The molecule has 0 bridgehead atoms. The standard InChI is InChI=1S/C19H27N5/c1-13(2)18(19-20-21-22-24(19)16-9-5-6-10-16)23-14(3)12-15-8-4-7-11-17(15)23/h4,7-8,11,13-14,16,18H,5-6,9-10,12H2,1-3H3/t14-,18+/m0/s1. The molecular weight excluding hydrogens is 298 g/mol. The highest BCUT2D eigenvalue weighted by atomic mass is 15.6. The van der Waals surface area contributed by atoms with E-state index in [1.165, 1.54) is 36.9 Å². The third-order valence-electron chi connectivity index (χ3n) is 5.64. The van der Waals surface area contributed by atoms with Gasteiger partial charge in [-0.2, -0.15) is 0 Å². The van der Waals surface area contributed by atoms with Gasteiger partial charge in [-0.1, -0.05) is 44.9 Å². The highest BCUT2D eigenvalue weighted by Gasteiger charge is 2.38. The topological polar surface area (TPSA) is 46.8 Å². The van der Waals surface area contributed by atoms with E-state index in [2.05, 4.69) is 70.1 Å². The van der Waals surface area contributed by atoms with Crippen molar-refractivity contribution in [1.82, 2.24) is 20.2 Å². The molecule has 5 nitrogen and oxygen atoms in total. The number of benzene rings is 1. The van der Waals surface area contributed by atoms with Gasteiger partial charge in [0.1, 0.15) is 0 Å². The molecule has 0 spiro atoms. The molecule has 1 aliphatic carbocycles. The van der Waals surface area contributed by atoms with Crippen LogP contribution in [0.4, 0.5) is 5.69 Å². The predicted molar refractivity (Wildman–Crippen MR) is 95.0 cm³/mol. The monoisotopic (exact) mass is 325 g/mol. The Labute approximate surface area is 144 Å². The van der Waals surface area contributed by atoms with Crippen LogP contribution in [-0.4, -0.2) is 26.2 Å². The van der Waals surface area contributed by atoms with Crippen molar-refractivity contribution in [2.45, 2.75) is 71.0 Å². The number of anilines is 1. The quantitative estimate of drug-likeness (QED) is 0.854. The van der Waals surface area contributed by atoms with E-state index in [1.54, 1.807) is 0 Å². The zero-order valence-electron chi connectivity index (χ0n) is 14.9. The van der Waals surface area contributed by atoms with E-state index in [4.69, 9.17) is 0 Å². The lowest BCUT2D eigenvalue weighted by molar-refractivity contribution is 0.371. The molecule has 2 aliphatic rings. The summed E-state index contributed by atoms with van der Waals surface area (Å²) in [6.07, 6.45) is 6.09. The molecule has 2 atom stereocenters. The molecule has 128 valence electrons. The fraction of sp³-hybridized carbons (Fsp3) is 0.632. The molecule has 2 heterocycles. The summed E-state index contributed by atoms with van der Waals surface area (Å²) in [5.41, 5.74) is 2.79. The van der Waals surface area contributed by atoms with E-state index < -0.39 is 0 Å². The van der Waals surface area contributed by atoms with Crippen LogP contribution in [0, 0.1) is 5.92 Å². The maximum Gasteiger partial charge on any atom is 0.174 e. The van der Waals surface area contributed by atoms with E-state index in [-0.39, 0.29) is 6.04 Å². The van der Waals surface area contributed by atoms with Crippen LogP contribution in [0.1, 0.15) is 69.9 Å². The van der Waals surface area contributed by atoms with Gasteiger partial charge in [0.15, 0.2) is 5.82 Å². The lowest BCUT2D eigenvalue weighted by Crippen LogP contribution is -2.38. The largest absolute Gasteiger partial charge is 0.358 e. The van der Waals surface area contributed by atoms with Gasteiger partial charge in [-0.3, -0.25) is 0 Å². The third-order valence-corrected chi connectivity index (χ3v) is 5.64. The molecule has 1 aliphatic heterocycles. The maximum absolute atomic E-state index is 4.49. The van der Waals surface area contributed by atoms with Crippen molar-refractivity contribution in [2.75, 3.05) is 4.90 Å². The molecule has 1 fully saturated rings. The van der Waals surface area contributed by atoms with E-state index in [1.807, 2.05) is 0 Å². The molecular formula is C19H27N5. The van der Waals surface area contributed by atoms with Gasteiger partial charge in [0.2, 0.25) is 0 Å². The van der Waals surface area contributed by atoms with Gasteiger partial charge in [0, 0.05) is 11.7 Å². The smallest absolute Gasteiger partial charge is 0.174 e. The van der Waals surface area contributed by atoms with Gasteiger partial charge in [-0.15, -0.1) is 5.10 Å². The molecule has 24 heavy (non-hydrogen) atoms. The number of aromatic nitrogens is 4. The third kappa shape index (κ3) is 2.50. The van der Waals surface area contributed by atoms with Crippen molar-refractivity contribution in [2.24, 2.45) is 5.92 Å². The Hall–Kier alpha value is -1.91. The number of nitrogens with zero attached hydrogens (tertiary/aromatic N) is 5. The van der Waals surface area contributed by atoms with Crippen molar-refractivity contribution in [3.8, 4) is 0 Å². The van der Waals surface area contributed by atoms with Gasteiger partial charge in [0.25, 0.3) is 0 Å². The summed E-state index contributed by atoms with van der Waals surface area (Å²) in [6, 6.07) is 9.96. The molecule has 0 saturated heterocycles. The van der Waals surface area contributed by atoms with Crippen LogP contribution in [-0.2, 0) is 6.42 Å². The summed E-state index contributed by atoms with van der Waals surface area (Å²) in [6.45, 7) is 6.89. The van der Waals surface area contributed by atoms with Crippen molar-refractivity contribution in [3.63, 3.8) is 0 Å². The first kappa shape index (κ1) is 15.6. The van der Waals surface area contributed by atoms with Gasteiger partial charge >= 0.3 is 0 Å². The first-order valence-corrected chi connectivity index (χ1v) is 9.31. The Morgan fingerprint density at radius 3 is 2.62 bits per heavy atom. The Kier molecular flexibility index (Phi) is 4.02. The molecule has 0 radical (unpaired) electrons. The van der Waals surface area contributed by atoms with Crippen LogP contribution >= 0.6 is 0 Å². The first-order valence-electron chi connectivity index (χ1n) is 9.31. The van der Waals surface area contributed by atoms with Gasteiger partial charge < -0.3 is 4.90 Å². The maximum atomic E-state index is 4.49. The molecule has 1 aromatic heterocycles. The molecule has 1 aromatic carbocycles. The minimum Gasteiger partial charge on any atom is -0.358 e. The molecule has 1 saturated carbocycles. The minimum absolute atomic E-state index is 0.222. The summed E-state index contributed by atoms with van der Waals surface area (Å²) < 4.78 is 2.13. The second-order valence-corrected chi connectivity index (χ2v) is 7.70. The van der Waals surface area contributed by atoms with Crippen LogP contribution in [0.15, 0.2) is 24.3 Å². The summed E-state index contributed by atoms with van der Waals surface area (Å²) in [7, 11) is 0. The average Bonchev–Trinajstić information content (AvgIpc) is 3.28. The number of hydrogen-bond acceptors (Lipinski definition) is 4. The molecule has 0 unspecified atom stereocenters. The van der Waals surface area contributed by atoms with Crippen LogP contribution < -0.4 is 4.90 Å². The number of tetrazole rings is 1. The molecule has 0 amide bonds. The van der Waals surface area contributed by atoms with E-state index in [9.17, 15) is 0 Å². The van der Waals surface area contributed by atoms with Crippen molar-refractivity contribution >= 4 is 5.69 Å². The predicted octanol–water partition coefficient (Wildman–Crippen LogP) is 3.94. The Morgan fingerprint density at radius 2 is 1.88 bits per heavy atom. The van der Waals surface area contributed by atoms with E-state index in [0.717, 1.165) is 12.2 Å². The van der Waals surface area contributed by atoms with Crippen LogP contribution in [0.5, 0.6) is 0 Å². The van der Waals surface area contributed by atoms with Crippen molar-refractivity contribution in [1.29, 1.82) is 0 Å². The van der Waals surface area contributed by atoms with Crippen molar-refractivity contribution < 1.29 is 0 Å². The fourth-order valence-electron chi connectivity index (χ4n) is 4.56. The fourth-order valence-corrected chi connectivity index (χ4v) is 4.56. The average molecular weight is 325 g/mol. The van der Waals surface area contributed by atoms with Crippen molar-refractivity contribution in [3.05, 3.63) is 35.7 Å². The Balaban J connectivity index is 1.75. The zero-order valence-corrected chi connectivity index (χ0v) is 14.9. The highest BCUT2D eigenvalue weighted by Crippen LogP contribution is 2.42. The van der Waals surface area contributed by atoms with Crippen LogP contribution in [0.2, 0.25) is 0 Å². The van der Waals surface area contributed by atoms with E-state index in [0.29, 0.717) is 18.0 Å². The molecule has 2 aromatic rings. The lowest BCUT2D eigenvalue weighted by Gasteiger charge is -2.36.